The van der Waals surface area contributed by atoms with Gasteiger partial charge in [-0.15, -0.1) is 10.2 Å². The minimum absolute atomic E-state index is 0.0247. The zero-order valence-corrected chi connectivity index (χ0v) is 17.4. The Morgan fingerprint density at radius 1 is 1.06 bits per heavy atom. The van der Waals surface area contributed by atoms with Crippen molar-refractivity contribution in [3.8, 4) is 28.6 Å². The molecule has 1 aliphatic rings. The fraction of sp³-hybridized carbons (Fsp3) is 0.167. The smallest absolute Gasteiger partial charge is 0.262 e. The van der Waals surface area contributed by atoms with Gasteiger partial charge in [0.05, 0.1) is 11.3 Å². The minimum Gasteiger partial charge on any atom is -0.508 e. The van der Waals surface area contributed by atoms with Crippen molar-refractivity contribution in [2.24, 2.45) is 0 Å². The molecule has 0 bridgehead atoms. The number of rotatable bonds is 3. The summed E-state index contributed by atoms with van der Waals surface area (Å²) in [5, 5.41) is 28.4. The first-order chi connectivity index (χ1) is 15.5. The molecule has 0 fully saturated rings. The summed E-state index contributed by atoms with van der Waals surface area (Å²) in [6, 6.07) is 13.7. The number of hydrogen-bond donors (Lipinski definition) is 2. The number of hydrogen-bond acceptors (Lipinski definition) is 6. The van der Waals surface area contributed by atoms with E-state index in [0.717, 1.165) is 35.3 Å². The lowest BCUT2D eigenvalue weighted by Gasteiger charge is -2.35. The predicted octanol–water partition coefficient (Wildman–Crippen LogP) is 3.72. The van der Waals surface area contributed by atoms with E-state index in [2.05, 4.69) is 15.2 Å². The van der Waals surface area contributed by atoms with Crippen molar-refractivity contribution in [1.29, 1.82) is 0 Å². The van der Waals surface area contributed by atoms with Gasteiger partial charge in [0.2, 0.25) is 0 Å². The standard InChI is InChI=1S/C24H21N5O3/c1-15-2-3-17-12-16(20-7-9-23(27-26-20)28-11-10-25-14-28)4-8-21(17)29(15)24(32)19-6-5-18(30)13-22(19)31/h4-15,30-31H,2-3H2,1H3/t15-/m0/s1. The molecule has 2 aromatic heterocycles. The number of phenols is 2. The van der Waals surface area contributed by atoms with Crippen LogP contribution in [0.1, 0.15) is 29.3 Å². The number of aromatic hydroxyl groups is 2. The first-order valence-electron chi connectivity index (χ1n) is 10.3. The van der Waals surface area contributed by atoms with Gasteiger partial charge in [-0.25, -0.2) is 4.98 Å². The lowest BCUT2D eigenvalue weighted by molar-refractivity contribution is 0.0972. The number of aryl methyl sites for hydroxylation is 1. The molecule has 5 rings (SSSR count). The second-order valence-electron chi connectivity index (χ2n) is 7.85. The van der Waals surface area contributed by atoms with Gasteiger partial charge in [0.15, 0.2) is 5.82 Å². The van der Waals surface area contributed by atoms with Crippen molar-refractivity contribution in [2.75, 3.05) is 4.90 Å². The number of carbonyl (C=O) groups excluding carboxylic acids is 1. The van der Waals surface area contributed by atoms with E-state index in [0.29, 0.717) is 5.82 Å². The average Bonchev–Trinajstić information content (AvgIpc) is 3.33. The summed E-state index contributed by atoms with van der Waals surface area (Å²) < 4.78 is 1.78. The van der Waals surface area contributed by atoms with Gasteiger partial charge >= 0.3 is 0 Å². The van der Waals surface area contributed by atoms with E-state index in [1.54, 1.807) is 28.2 Å². The molecule has 0 unspecified atom stereocenters. The highest BCUT2D eigenvalue weighted by Gasteiger charge is 2.30. The zero-order valence-electron chi connectivity index (χ0n) is 17.4. The number of fused-ring (bicyclic) bond motifs is 1. The van der Waals surface area contributed by atoms with Gasteiger partial charge in [0.1, 0.15) is 17.8 Å². The molecule has 1 atom stereocenters. The number of benzene rings is 2. The third-order valence-corrected chi connectivity index (χ3v) is 5.76. The second kappa shape index (κ2) is 7.81. The second-order valence-corrected chi connectivity index (χ2v) is 7.85. The summed E-state index contributed by atoms with van der Waals surface area (Å²) in [6.45, 7) is 1.99. The van der Waals surface area contributed by atoms with Gasteiger partial charge in [-0.2, -0.15) is 0 Å². The lowest BCUT2D eigenvalue weighted by atomic mass is 9.93. The van der Waals surface area contributed by atoms with Gasteiger partial charge < -0.3 is 15.1 Å². The number of imidazole rings is 1. The summed E-state index contributed by atoms with van der Waals surface area (Å²) in [5.41, 5.74) is 3.67. The van der Waals surface area contributed by atoms with Crippen LogP contribution in [0.15, 0.2) is 67.3 Å². The Labute approximate surface area is 184 Å². The molecule has 8 heteroatoms. The molecule has 3 heterocycles. The van der Waals surface area contributed by atoms with E-state index in [1.807, 2.05) is 37.3 Å². The summed E-state index contributed by atoms with van der Waals surface area (Å²) in [5.74, 6) is 0.0619. The molecule has 32 heavy (non-hydrogen) atoms. The Morgan fingerprint density at radius 2 is 1.94 bits per heavy atom. The maximum absolute atomic E-state index is 13.3. The van der Waals surface area contributed by atoms with Crippen LogP contribution in [0.5, 0.6) is 11.5 Å². The molecule has 2 aromatic carbocycles. The maximum Gasteiger partial charge on any atom is 0.262 e. The van der Waals surface area contributed by atoms with Gasteiger partial charge in [-0.1, -0.05) is 6.07 Å². The summed E-state index contributed by atoms with van der Waals surface area (Å²) in [6.07, 6.45) is 6.79. The van der Waals surface area contributed by atoms with E-state index in [4.69, 9.17) is 0 Å². The molecular formula is C24H21N5O3. The highest BCUT2D eigenvalue weighted by atomic mass is 16.3. The molecule has 2 N–H and O–H groups in total. The van der Waals surface area contributed by atoms with E-state index >= 15 is 0 Å². The number of phenolic OH excluding ortho intramolecular Hbond substituents is 2. The van der Waals surface area contributed by atoms with Crippen LogP contribution in [0, 0.1) is 0 Å². The fourth-order valence-electron chi connectivity index (χ4n) is 4.06. The molecule has 0 saturated carbocycles. The molecule has 160 valence electrons. The highest BCUT2D eigenvalue weighted by Crippen LogP contribution is 2.36. The van der Waals surface area contributed by atoms with Crippen LogP contribution in [0.3, 0.4) is 0 Å². The van der Waals surface area contributed by atoms with Crippen molar-refractivity contribution < 1.29 is 15.0 Å². The van der Waals surface area contributed by atoms with Gasteiger partial charge in [0.25, 0.3) is 5.91 Å². The lowest BCUT2D eigenvalue weighted by Crippen LogP contribution is -2.42. The first kappa shape index (κ1) is 19.7. The minimum atomic E-state index is -0.298. The number of amides is 1. The van der Waals surface area contributed by atoms with Crippen molar-refractivity contribution in [1.82, 2.24) is 19.7 Å². The van der Waals surface area contributed by atoms with Gasteiger partial charge in [0, 0.05) is 35.8 Å². The normalized spacial score (nSPS) is 15.4. The Bertz CT molecular complexity index is 1290. The Balaban J connectivity index is 1.47. The van der Waals surface area contributed by atoms with E-state index < -0.39 is 0 Å². The van der Waals surface area contributed by atoms with Crippen LogP contribution in [0.25, 0.3) is 17.1 Å². The fourth-order valence-corrected chi connectivity index (χ4v) is 4.06. The number of anilines is 1. The van der Waals surface area contributed by atoms with Gasteiger partial charge in [-0.05, 0) is 61.7 Å². The Kier molecular flexibility index (Phi) is 4.82. The quantitative estimate of drug-likeness (QED) is 0.516. The summed E-state index contributed by atoms with van der Waals surface area (Å²) in [7, 11) is 0. The SMILES string of the molecule is C[C@H]1CCc2cc(-c3ccc(-n4ccnc4)nn3)ccc2N1C(=O)c1ccc(O)cc1O. The molecule has 0 radical (unpaired) electrons. The predicted molar refractivity (Wildman–Crippen MR) is 119 cm³/mol. The van der Waals surface area contributed by atoms with E-state index in [-0.39, 0.29) is 29.0 Å². The molecule has 0 saturated heterocycles. The maximum atomic E-state index is 13.3. The molecule has 4 aromatic rings. The molecule has 1 aliphatic heterocycles. The summed E-state index contributed by atoms with van der Waals surface area (Å²) in [4.78, 5) is 19.0. The monoisotopic (exact) mass is 427 g/mol. The molecule has 1 amide bonds. The molecule has 0 aliphatic carbocycles. The van der Waals surface area contributed by atoms with Crippen LogP contribution in [0.2, 0.25) is 0 Å². The van der Waals surface area contributed by atoms with Crippen molar-refractivity contribution in [3.05, 3.63) is 78.4 Å². The van der Waals surface area contributed by atoms with Crippen molar-refractivity contribution in [2.45, 2.75) is 25.8 Å². The van der Waals surface area contributed by atoms with Crippen molar-refractivity contribution in [3.63, 3.8) is 0 Å². The van der Waals surface area contributed by atoms with Crippen LogP contribution in [0.4, 0.5) is 5.69 Å². The Hall–Kier alpha value is -4.20. The van der Waals surface area contributed by atoms with Crippen LogP contribution < -0.4 is 4.90 Å². The first-order valence-corrected chi connectivity index (χ1v) is 10.3. The number of carbonyl (C=O) groups is 1. The van der Waals surface area contributed by atoms with Crippen LogP contribution >= 0.6 is 0 Å². The molecule has 8 nitrogen and oxygen atoms in total. The van der Waals surface area contributed by atoms with Crippen molar-refractivity contribution >= 4 is 11.6 Å². The topological polar surface area (TPSA) is 104 Å². The third-order valence-electron chi connectivity index (χ3n) is 5.76. The average molecular weight is 427 g/mol. The molecule has 0 spiro atoms. The van der Waals surface area contributed by atoms with Gasteiger partial charge in [-0.3, -0.25) is 9.36 Å². The zero-order chi connectivity index (χ0) is 22.2. The van der Waals surface area contributed by atoms with E-state index in [1.165, 1.54) is 18.2 Å². The van der Waals surface area contributed by atoms with Crippen LogP contribution in [-0.2, 0) is 6.42 Å². The summed E-state index contributed by atoms with van der Waals surface area (Å²) >= 11 is 0. The largest absolute Gasteiger partial charge is 0.508 e. The van der Waals surface area contributed by atoms with E-state index in [9.17, 15) is 15.0 Å². The highest BCUT2D eigenvalue weighted by molar-refractivity contribution is 6.09. The van der Waals surface area contributed by atoms with Crippen LogP contribution in [-0.4, -0.2) is 41.9 Å². The Morgan fingerprint density at radius 3 is 2.66 bits per heavy atom. The number of aromatic nitrogens is 4. The number of nitrogens with zero attached hydrogens (tertiary/aromatic N) is 5. The molecular weight excluding hydrogens is 406 g/mol. The third kappa shape index (κ3) is 3.45.